The summed E-state index contributed by atoms with van der Waals surface area (Å²) in [5.41, 5.74) is 8.47. The Labute approximate surface area is 115 Å². The van der Waals surface area contributed by atoms with E-state index in [1.165, 1.54) is 0 Å². The average molecular weight is 274 g/mol. The van der Waals surface area contributed by atoms with Crippen LogP contribution in [0.2, 0.25) is 5.02 Å². The maximum Gasteiger partial charge on any atom is 0.205 e. The highest BCUT2D eigenvalue weighted by Crippen LogP contribution is 2.29. The Kier molecular flexibility index (Phi) is 2.80. The highest BCUT2D eigenvalue weighted by atomic mass is 35.5. The number of fused-ring (bicyclic) bond motifs is 1. The Bertz CT molecular complexity index is 752. The number of nitrogen functional groups attached to an aromatic ring is 1. The van der Waals surface area contributed by atoms with Crippen LogP contribution in [-0.4, -0.2) is 16.7 Å². The average Bonchev–Trinajstić information content (AvgIpc) is 2.74. The van der Waals surface area contributed by atoms with Gasteiger partial charge in [0.1, 0.15) is 5.75 Å². The van der Waals surface area contributed by atoms with E-state index in [1.54, 1.807) is 7.11 Å². The second-order valence-electron chi connectivity index (χ2n) is 4.11. The minimum atomic E-state index is 0.399. The summed E-state index contributed by atoms with van der Waals surface area (Å²) >= 11 is 6.23. The lowest BCUT2D eigenvalue weighted by Crippen LogP contribution is -2.01. The summed E-state index contributed by atoms with van der Waals surface area (Å²) in [7, 11) is 1.63. The van der Waals surface area contributed by atoms with Gasteiger partial charge in [-0.25, -0.2) is 4.98 Å². The van der Waals surface area contributed by atoms with Gasteiger partial charge in [0.05, 0.1) is 28.9 Å². The van der Waals surface area contributed by atoms with Gasteiger partial charge < -0.3 is 10.5 Å². The number of anilines is 1. The number of para-hydroxylation sites is 1. The van der Waals surface area contributed by atoms with Crippen molar-refractivity contribution in [1.82, 2.24) is 9.55 Å². The topological polar surface area (TPSA) is 53.1 Å². The molecule has 0 aliphatic heterocycles. The molecule has 19 heavy (non-hydrogen) atoms. The number of halogens is 1. The third-order valence-electron chi connectivity index (χ3n) is 2.98. The second-order valence-corrected chi connectivity index (χ2v) is 4.52. The number of imidazole rings is 1. The highest BCUT2D eigenvalue weighted by molar-refractivity contribution is 6.32. The van der Waals surface area contributed by atoms with Gasteiger partial charge in [-0.1, -0.05) is 23.7 Å². The van der Waals surface area contributed by atoms with E-state index in [0.717, 1.165) is 22.5 Å². The van der Waals surface area contributed by atoms with Gasteiger partial charge in [0.15, 0.2) is 0 Å². The third kappa shape index (κ3) is 1.90. The van der Waals surface area contributed by atoms with Crippen molar-refractivity contribution in [3.8, 4) is 11.4 Å². The number of hydrogen-bond donors (Lipinski definition) is 1. The van der Waals surface area contributed by atoms with E-state index >= 15 is 0 Å². The summed E-state index contributed by atoms with van der Waals surface area (Å²) in [4.78, 5) is 4.33. The normalized spacial score (nSPS) is 10.8. The zero-order valence-corrected chi connectivity index (χ0v) is 11.1. The molecule has 3 rings (SSSR count). The van der Waals surface area contributed by atoms with Crippen molar-refractivity contribution >= 4 is 28.6 Å². The molecule has 0 radical (unpaired) electrons. The van der Waals surface area contributed by atoms with E-state index in [-0.39, 0.29) is 0 Å². The number of benzene rings is 2. The van der Waals surface area contributed by atoms with Crippen LogP contribution >= 0.6 is 11.6 Å². The Morgan fingerprint density at radius 3 is 2.74 bits per heavy atom. The van der Waals surface area contributed by atoms with E-state index in [1.807, 2.05) is 47.0 Å². The number of methoxy groups -OCH3 is 1. The molecule has 0 spiro atoms. The molecule has 3 aromatic rings. The Morgan fingerprint density at radius 2 is 2.00 bits per heavy atom. The molecule has 96 valence electrons. The largest absolute Gasteiger partial charge is 0.497 e. The minimum Gasteiger partial charge on any atom is -0.497 e. The van der Waals surface area contributed by atoms with E-state index in [0.29, 0.717) is 11.0 Å². The summed E-state index contributed by atoms with van der Waals surface area (Å²) in [6.07, 6.45) is 0. The molecule has 5 heteroatoms. The molecule has 0 amide bonds. The van der Waals surface area contributed by atoms with Gasteiger partial charge in [0, 0.05) is 6.07 Å². The number of ether oxygens (including phenoxy) is 1. The van der Waals surface area contributed by atoms with Crippen molar-refractivity contribution in [2.75, 3.05) is 12.8 Å². The fraction of sp³-hybridized carbons (Fsp3) is 0.0714. The molecule has 4 nitrogen and oxygen atoms in total. The van der Waals surface area contributed by atoms with Crippen LogP contribution in [0.1, 0.15) is 0 Å². The minimum absolute atomic E-state index is 0.399. The Morgan fingerprint density at radius 1 is 1.21 bits per heavy atom. The molecule has 0 atom stereocenters. The second kappa shape index (κ2) is 4.48. The van der Waals surface area contributed by atoms with Crippen LogP contribution in [0.25, 0.3) is 16.7 Å². The Balaban J connectivity index is 2.34. The zero-order chi connectivity index (χ0) is 13.4. The smallest absolute Gasteiger partial charge is 0.205 e. The van der Waals surface area contributed by atoms with E-state index in [2.05, 4.69) is 4.98 Å². The summed E-state index contributed by atoms with van der Waals surface area (Å²) in [5.74, 6) is 1.15. The van der Waals surface area contributed by atoms with Crippen LogP contribution < -0.4 is 10.5 Å². The van der Waals surface area contributed by atoms with Crippen LogP contribution in [0.4, 0.5) is 5.95 Å². The summed E-state index contributed by atoms with van der Waals surface area (Å²) < 4.78 is 7.06. The lowest BCUT2D eigenvalue weighted by Gasteiger charge is -2.08. The fourth-order valence-corrected chi connectivity index (χ4v) is 2.31. The van der Waals surface area contributed by atoms with Gasteiger partial charge in [-0.3, -0.25) is 4.57 Å². The van der Waals surface area contributed by atoms with Crippen LogP contribution in [0.3, 0.4) is 0 Å². The Hall–Kier alpha value is -2.20. The molecule has 0 unspecified atom stereocenters. The quantitative estimate of drug-likeness (QED) is 0.780. The SMILES string of the molecule is COc1ccc2nc(N)n(-c3ccccc3Cl)c2c1. The van der Waals surface area contributed by atoms with Crippen molar-refractivity contribution in [2.45, 2.75) is 0 Å². The van der Waals surface area contributed by atoms with E-state index in [4.69, 9.17) is 22.1 Å². The van der Waals surface area contributed by atoms with Gasteiger partial charge in [0.25, 0.3) is 0 Å². The van der Waals surface area contributed by atoms with Crippen molar-refractivity contribution in [3.63, 3.8) is 0 Å². The van der Waals surface area contributed by atoms with Crippen molar-refractivity contribution in [1.29, 1.82) is 0 Å². The first-order chi connectivity index (χ1) is 9.20. The summed E-state index contributed by atoms with van der Waals surface area (Å²) in [6, 6.07) is 13.1. The first-order valence-corrected chi connectivity index (χ1v) is 6.15. The van der Waals surface area contributed by atoms with Gasteiger partial charge in [-0.15, -0.1) is 0 Å². The van der Waals surface area contributed by atoms with Gasteiger partial charge >= 0.3 is 0 Å². The molecule has 2 N–H and O–H groups in total. The number of aromatic nitrogens is 2. The molecule has 0 saturated carbocycles. The van der Waals surface area contributed by atoms with Gasteiger partial charge in [-0.2, -0.15) is 0 Å². The standard InChI is InChI=1S/C14H12ClN3O/c1-19-9-6-7-11-13(8-9)18(14(16)17-11)12-5-3-2-4-10(12)15/h2-8H,1H3,(H2,16,17). The monoisotopic (exact) mass is 273 g/mol. The van der Waals surface area contributed by atoms with E-state index in [9.17, 15) is 0 Å². The fourth-order valence-electron chi connectivity index (χ4n) is 2.09. The van der Waals surface area contributed by atoms with Gasteiger partial charge in [-0.05, 0) is 24.3 Å². The molecule has 1 aromatic heterocycles. The number of nitrogens with zero attached hydrogens (tertiary/aromatic N) is 2. The molecular formula is C14H12ClN3O. The van der Waals surface area contributed by atoms with Crippen LogP contribution in [0, 0.1) is 0 Å². The maximum atomic E-state index is 6.23. The molecule has 0 aliphatic rings. The van der Waals surface area contributed by atoms with Crippen LogP contribution in [0.5, 0.6) is 5.75 Å². The predicted octanol–water partition coefficient (Wildman–Crippen LogP) is 3.27. The van der Waals surface area contributed by atoms with Gasteiger partial charge in [0.2, 0.25) is 5.95 Å². The zero-order valence-electron chi connectivity index (χ0n) is 10.3. The summed E-state index contributed by atoms with van der Waals surface area (Å²) in [5, 5.41) is 0.622. The molecule has 2 aromatic carbocycles. The summed E-state index contributed by atoms with van der Waals surface area (Å²) in [6.45, 7) is 0. The number of rotatable bonds is 2. The predicted molar refractivity (Wildman–Crippen MR) is 77.0 cm³/mol. The van der Waals surface area contributed by atoms with Crippen molar-refractivity contribution in [2.24, 2.45) is 0 Å². The van der Waals surface area contributed by atoms with Crippen LogP contribution in [0.15, 0.2) is 42.5 Å². The molecular weight excluding hydrogens is 262 g/mol. The lowest BCUT2D eigenvalue weighted by molar-refractivity contribution is 0.415. The molecule has 0 saturated heterocycles. The van der Waals surface area contributed by atoms with Crippen LogP contribution in [-0.2, 0) is 0 Å². The number of hydrogen-bond acceptors (Lipinski definition) is 3. The molecule has 0 aliphatic carbocycles. The molecule has 1 heterocycles. The van der Waals surface area contributed by atoms with Crippen molar-refractivity contribution < 1.29 is 4.74 Å². The first-order valence-electron chi connectivity index (χ1n) is 5.77. The number of nitrogens with two attached hydrogens (primary N) is 1. The molecule has 0 fully saturated rings. The lowest BCUT2D eigenvalue weighted by atomic mass is 10.2. The molecule has 0 bridgehead atoms. The van der Waals surface area contributed by atoms with E-state index < -0.39 is 0 Å². The highest BCUT2D eigenvalue weighted by Gasteiger charge is 2.12. The third-order valence-corrected chi connectivity index (χ3v) is 3.30. The first kappa shape index (κ1) is 11.9. The maximum absolute atomic E-state index is 6.23. The van der Waals surface area contributed by atoms with Crippen molar-refractivity contribution in [3.05, 3.63) is 47.5 Å².